The van der Waals surface area contributed by atoms with E-state index in [1.165, 1.54) is 12.4 Å². The molecule has 6 nitrogen and oxygen atoms in total. The Morgan fingerprint density at radius 1 is 1.15 bits per heavy atom. The normalized spacial score (nSPS) is 10.0. The van der Waals surface area contributed by atoms with Gasteiger partial charge in [0.15, 0.2) is 0 Å². The molecule has 3 rings (SSSR count). The Balaban J connectivity index is 1.79. The Hall–Kier alpha value is -3.43. The number of aryl methyl sites for hydroxylation is 1. The van der Waals surface area contributed by atoms with Gasteiger partial charge in [-0.2, -0.15) is 5.26 Å². The fourth-order valence-corrected chi connectivity index (χ4v) is 2.42. The predicted octanol–water partition coefficient (Wildman–Crippen LogP) is 4.31. The van der Waals surface area contributed by atoms with Crippen LogP contribution >= 0.6 is 11.6 Å². The molecule has 1 amide bonds. The van der Waals surface area contributed by atoms with Crippen molar-refractivity contribution in [2.24, 2.45) is 0 Å². The van der Waals surface area contributed by atoms with Gasteiger partial charge >= 0.3 is 0 Å². The van der Waals surface area contributed by atoms with Gasteiger partial charge in [0.05, 0.1) is 11.3 Å². The SMILES string of the molecule is Cc1ccc(NC(=O)c2cc(Nc3ccccc3C#N)ncn2)cc1Cl. The summed E-state index contributed by atoms with van der Waals surface area (Å²) in [4.78, 5) is 20.5. The van der Waals surface area contributed by atoms with E-state index in [-0.39, 0.29) is 11.6 Å². The molecule has 26 heavy (non-hydrogen) atoms. The molecule has 0 saturated carbocycles. The van der Waals surface area contributed by atoms with E-state index in [9.17, 15) is 4.79 Å². The van der Waals surface area contributed by atoms with E-state index in [1.54, 1.807) is 36.4 Å². The monoisotopic (exact) mass is 363 g/mol. The maximum atomic E-state index is 12.4. The number of carbonyl (C=O) groups is 1. The summed E-state index contributed by atoms with van der Waals surface area (Å²) < 4.78 is 0. The molecule has 3 aromatic rings. The number of carbonyl (C=O) groups excluding carboxylic acids is 1. The highest BCUT2D eigenvalue weighted by Gasteiger charge is 2.11. The highest BCUT2D eigenvalue weighted by atomic mass is 35.5. The Morgan fingerprint density at radius 3 is 2.73 bits per heavy atom. The minimum atomic E-state index is -0.385. The molecule has 2 aromatic carbocycles. The first kappa shape index (κ1) is 17.4. The lowest BCUT2D eigenvalue weighted by Crippen LogP contribution is -2.14. The Kier molecular flexibility index (Phi) is 5.11. The van der Waals surface area contributed by atoms with Gasteiger partial charge in [-0.3, -0.25) is 4.79 Å². The van der Waals surface area contributed by atoms with Crippen LogP contribution in [0.3, 0.4) is 0 Å². The van der Waals surface area contributed by atoms with Gasteiger partial charge in [-0.1, -0.05) is 29.8 Å². The van der Waals surface area contributed by atoms with Gasteiger partial charge in [-0.15, -0.1) is 0 Å². The third kappa shape index (κ3) is 3.97. The van der Waals surface area contributed by atoms with Crippen LogP contribution in [0.5, 0.6) is 0 Å². The van der Waals surface area contributed by atoms with Crippen LogP contribution in [0.2, 0.25) is 5.02 Å². The van der Waals surface area contributed by atoms with E-state index in [1.807, 2.05) is 13.0 Å². The molecule has 0 aliphatic carbocycles. The first-order valence-electron chi connectivity index (χ1n) is 7.72. The molecule has 0 aliphatic rings. The maximum absolute atomic E-state index is 12.4. The summed E-state index contributed by atoms with van der Waals surface area (Å²) in [6.45, 7) is 1.88. The van der Waals surface area contributed by atoms with Crippen LogP contribution in [0.1, 0.15) is 21.6 Å². The number of nitrogens with zero attached hydrogens (tertiary/aromatic N) is 3. The number of anilines is 3. The molecular weight excluding hydrogens is 350 g/mol. The molecule has 0 unspecified atom stereocenters. The summed E-state index contributed by atoms with van der Waals surface area (Å²) in [5, 5.41) is 15.5. The second-order valence-corrected chi connectivity index (χ2v) is 5.90. The van der Waals surface area contributed by atoms with Crippen molar-refractivity contribution in [2.45, 2.75) is 6.92 Å². The van der Waals surface area contributed by atoms with Gasteiger partial charge in [0.25, 0.3) is 5.91 Å². The molecular formula is C19H14ClN5O. The zero-order chi connectivity index (χ0) is 18.5. The molecule has 2 N–H and O–H groups in total. The summed E-state index contributed by atoms with van der Waals surface area (Å²) in [7, 11) is 0. The molecule has 0 bridgehead atoms. The first-order valence-corrected chi connectivity index (χ1v) is 8.10. The third-order valence-electron chi connectivity index (χ3n) is 3.64. The maximum Gasteiger partial charge on any atom is 0.274 e. The van der Waals surface area contributed by atoms with Gasteiger partial charge in [0.2, 0.25) is 0 Å². The minimum absolute atomic E-state index is 0.189. The van der Waals surface area contributed by atoms with Crippen LogP contribution in [0.25, 0.3) is 0 Å². The molecule has 7 heteroatoms. The highest BCUT2D eigenvalue weighted by Crippen LogP contribution is 2.21. The zero-order valence-corrected chi connectivity index (χ0v) is 14.6. The van der Waals surface area contributed by atoms with Crippen molar-refractivity contribution in [3.8, 4) is 6.07 Å². The van der Waals surface area contributed by atoms with Gasteiger partial charge < -0.3 is 10.6 Å². The van der Waals surface area contributed by atoms with Crippen molar-refractivity contribution in [1.29, 1.82) is 5.26 Å². The summed E-state index contributed by atoms with van der Waals surface area (Å²) in [5.74, 6) is 0.0266. The van der Waals surface area contributed by atoms with Crippen LogP contribution in [0.4, 0.5) is 17.2 Å². The zero-order valence-electron chi connectivity index (χ0n) is 13.8. The second-order valence-electron chi connectivity index (χ2n) is 5.49. The average molecular weight is 364 g/mol. The Bertz CT molecular complexity index is 1010. The van der Waals surface area contributed by atoms with E-state index >= 15 is 0 Å². The van der Waals surface area contributed by atoms with Crippen molar-refractivity contribution in [1.82, 2.24) is 9.97 Å². The molecule has 1 aromatic heterocycles. The van der Waals surface area contributed by atoms with Crippen LogP contribution in [-0.4, -0.2) is 15.9 Å². The number of nitriles is 1. The van der Waals surface area contributed by atoms with Crippen molar-refractivity contribution in [2.75, 3.05) is 10.6 Å². The number of nitrogens with one attached hydrogen (secondary N) is 2. The molecule has 0 radical (unpaired) electrons. The lowest BCUT2D eigenvalue weighted by atomic mass is 10.2. The summed E-state index contributed by atoms with van der Waals surface area (Å²) in [6.07, 6.45) is 1.29. The smallest absolute Gasteiger partial charge is 0.274 e. The number of benzene rings is 2. The predicted molar refractivity (Wildman–Crippen MR) is 101 cm³/mol. The number of amides is 1. The van der Waals surface area contributed by atoms with Crippen LogP contribution in [0.15, 0.2) is 54.9 Å². The topological polar surface area (TPSA) is 90.7 Å². The quantitative estimate of drug-likeness (QED) is 0.720. The summed E-state index contributed by atoms with van der Waals surface area (Å²) in [6, 6.07) is 15.9. The Labute approximate surface area is 155 Å². The van der Waals surface area contributed by atoms with E-state index in [4.69, 9.17) is 16.9 Å². The number of rotatable bonds is 4. The number of aromatic nitrogens is 2. The fraction of sp³-hybridized carbons (Fsp3) is 0.0526. The van der Waals surface area contributed by atoms with Crippen molar-refractivity contribution in [3.63, 3.8) is 0 Å². The van der Waals surface area contributed by atoms with E-state index in [0.29, 0.717) is 27.8 Å². The largest absolute Gasteiger partial charge is 0.339 e. The lowest BCUT2D eigenvalue weighted by Gasteiger charge is -2.09. The average Bonchev–Trinajstić information content (AvgIpc) is 2.65. The van der Waals surface area contributed by atoms with Gasteiger partial charge in [0.1, 0.15) is 23.9 Å². The Morgan fingerprint density at radius 2 is 1.96 bits per heavy atom. The highest BCUT2D eigenvalue weighted by molar-refractivity contribution is 6.31. The number of hydrogen-bond acceptors (Lipinski definition) is 5. The fourth-order valence-electron chi connectivity index (χ4n) is 2.24. The molecule has 0 spiro atoms. The lowest BCUT2D eigenvalue weighted by molar-refractivity contribution is 0.102. The molecule has 128 valence electrons. The van der Waals surface area contributed by atoms with Gasteiger partial charge in [-0.25, -0.2) is 9.97 Å². The van der Waals surface area contributed by atoms with Crippen LogP contribution in [-0.2, 0) is 0 Å². The van der Waals surface area contributed by atoms with E-state index in [2.05, 4.69) is 26.7 Å². The summed E-state index contributed by atoms with van der Waals surface area (Å²) >= 11 is 6.07. The molecule has 0 aliphatic heterocycles. The molecule has 1 heterocycles. The first-order chi connectivity index (χ1) is 12.6. The van der Waals surface area contributed by atoms with Gasteiger partial charge in [0, 0.05) is 16.8 Å². The minimum Gasteiger partial charge on any atom is -0.339 e. The van der Waals surface area contributed by atoms with Crippen molar-refractivity contribution in [3.05, 3.63) is 76.7 Å². The van der Waals surface area contributed by atoms with E-state index < -0.39 is 0 Å². The summed E-state index contributed by atoms with van der Waals surface area (Å²) in [5.41, 5.74) is 2.77. The van der Waals surface area contributed by atoms with Crippen LogP contribution < -0.4 is 10.6 Å². The number of hydrogen-bond donors (Lipinski definition) is 2. The molecule has 0 fully saturated rings. The van der Waals surface area contributed by atoms with Crippen molar-refractivity contribution < 1.29 is 4.79 Å². The van der Waals surface area contributed by atoms with Crippen molar-refractivity contribution >= 4 is 34.7 Å². The van der Waals surface area contributed by atoms with Crippen LogP contribution in [0, 0.1) is 18.3 Å². The molecule has 0 saturated heterocycles. The number of halogens is 1. The standard InChI is InChI=1S/C19H14ClN5O/c1-12-6-7-14(8-15(12)20)24-19(26)17-9-18(23-11-22-17)25-16-5-3-2-4-13(16)10-21/h2-9,11H,1H3,(H,24,26)(H,22,23,25). The number of para-hydroxylation sites is 1. The molecule has 0 atom stereocenters. The second kappa shape index (κ2) is 7.64. The third-order valence-corrected chi connectivity index (χ3v) is 4.05. The van der Waals surface area contributed by atoms with Gasteiger partial charge in [-0.05, 0) is 36.8 Å². The van der Waals surface area contributed by atoms with E-state index in [0.717, 1.165) is 5.56 Å².